The smallest absolute Gasteiger partial charge is 0.305 e. The van der Waals surface area contributed by atoms with E-state index in [1.165, 1.54) is 0 Å². The molecule has 0 aromatic rings. The number of hydrogen-bond acceptors (Lipinski definition) is 2. The summed E-state index contributed by atoms with van der Waals surface area (Å²) < 4.78 is 11.9. The molecular formula is C6H10FNO. The molecule has 1 fully saturated rings. The van der Waals surface area contributed by atoms with Crippen molar-refractivity contribution in [2.45, 2.75) is 25.3 Å². The fourth-order valence-electron chi connectivity index (χ4n) is 1.05. The molecule has 1 rings (SSSR count). The zero-order chi connectivity index (χ0) is 6.69. The van der Waals surface area contributed by atoms with Crippen molar-refractivity contribution < 1.29 is 9.18 Å². The lowest BCUT2D eigenvalue weighted by atomic mass is 10.1. The zero-order valence-electron chi connectivity index (χ0n) is 5.19. The van der Waals surface area contributed by atoms with Crippen LogP contribution in [-0.4, -0.2) is 18.6 Å². The maximum atomic E-state index is 11.9. The average molecular weight is 131 g/mol. The van der Waals surface area contributed by atoms with Gasteiger partial charge in [0, 0.05) is 0 Å². The molecule has 0 aromatic heterocycles. The van der Waals surface area contributed by atoms with Crippen LogP contribution in [0.5, 0.6) is 0 Å². The Morgan fingerprint density at radius 2 is 2.33 bits per heavy atom. The summed E-state index contributed by atoms with van der Waals surface area (Å²) >= 11 is 0. The topological polar surface area (TPSA) is 29.1 Å². The highest BCUT2D eigenvalue weighted by Crippen LogP contribution is 2.07. The van der Waals surface area contributed by atoms with E-state index in [4.69, 9.17) is 0 Å². The first-order chi connectivity index (χ1) is 4.30. The highest BCUT2D eigenvalue weighted by Gasteiger charge is 2.19. The quantitative estimate of drug-likeness (QED) is 0.529. The molecule has 0 aliphatic carbocycles. The Morgan fingerprint density at radius 1 is 1.56 bits per heavy atom. The van der Waals surface area contributed by atoms with Crippen molar-refractivity contribution in [3.05, 3.63) is 0 Å². The summed E-state index contributed by atoms with van der Waals surface area (Å²) in [6.07, 6.45) is 2.69. The summed E-state index contributed by atoms with van der Waals surface area (Å²) in [7, 11) is 0. The summed E-state index contributed by atoms with van der Waals surface area (Å²) in [4.78, 5) is 10.1. The molecule has 0 spiro atoms. The Labute approximate surface area is 53.4 Å². The van der Waals surface area contributed by atoms with Crippen LogP contribution in [-0.2, 0) is 4.79 Å². The number of rotatable bonds is 1. The van der Waals surface area contributed by atoms with E-state index in [0.717, 1.165) is 19.4 Å². The van der Waals surface area contributed by atoms with E-state index in [1.807, 2.05) is 0 Å². The largest absolute Gasteiger partial charge is 0.318 e. The molecule has 52 valence electrons. The number of carbonyl (C=O) groups is 1. The van der Waals surface area contributed by atoms with Gasteiger partial charge in [0.2, 0.25) is 0 Å². The SMILES string of the molecule is O=C(F)C1CCCCN1. The Balaban J connectivity index is 2.31. The predicted molar refractivity (Wildman–Crippen MR) is 31.8 cm³/mol. The third-order valence-electron chi connectivity index (χ3n) is 1.58. The van der Waals surface area contributed by atoms with Crippen LogP contribution in [0.3, 0.4) is 0 Å². The van der Waals surface area contributed by atoms with Gasteiger partial charge in [0.15, 0.2) is 0 Å². The second-order valence-electron chi connectivity index (χ2n) is 2.31. The molecular weight excluding hydrogens is 121 g/mol. The van der Waals surface area contributed by atoms with Gasteiger partial charge in [-0.05, 0) is 19.4 Å². The van der Waals surface area contributed by atoms with E-state index >= 15 is 0 Å². The number of halogens is 1. The van der Waals surface area contributed by atoms with Crippen LogP contribution in [0, 0.1) is 0 Å². The lowest BCUT2D eigenvalue weighted by Gasteiger charge is -2.18. The zero-order valence-corrected chi connectivity index (χ0v) is 5.19. The van der Waals surface area contributed by atoms with Crippen molar-refractivity contribution in [3.8, 4) is 0 Å². The van der Waals surface area contributed by atoms with Gasteiger partial charge in [-0.1, -0.05) is 6.42 Å². The van der Waals surface area contributed by atoms with Crippen molar-refractivity contribution in [2.75, 3.05) is 6.54 Å². The molecule has 1 aliphatic heterocycles. The summed E-state index contributed by atoms with van der Waals surface area (Å²) in [6.45, 7) is 0.778. The van der Waals surface area contributed by atoms with Crippen molar-refractivity contribution >= 4 is 6.04 Å². The Morgan fingerprint density at radius 3 is 2.67 bits per heavy atom. The van der Waals surface area contributed by atoms with Gasteiger partial charge in [-0.15, -0.1) is 0 Å². The third-order valence-corrected chi connectivity index (χ3v) is 1.58. The Kier molecular flexibility index (Phi) is 2.16. The van der Waals surface area contributed by atoms with Crippen LogP contribution in [0.1, 0.15) is 19.3 Å². The van der Waals surface area contributed by atoms with Crippen molar-refractivity contribution in [2.24, 2.45) is 0 Å². The van der Waals surface area contributed by atoms with Gasteiger partial charge in [-0.2, -0.15) is 4.39 Å². The van der Waals surface area contributed by atoms with Crippen LogP contribution in [0.25, 0.3) is 0 Å². The minimum atomic E-state index is -1.21. The van der Waals surface area contributed by atoms with E-state index in [2.05, 4.69) is 5.32 Å². The molecule has 1 unspecified atom stereocenters. The molecule has 2 nitrogen and oxygen atoms in total. The molecule has 0 radical (unpaired) electrons. The van der Waals surface area contributed by atoms with Gasteiger partial charge >= 0.3 is 6.04 Å². The fourth-order valence-corrected chi connectivity index (χ4v) is 1.05. The standard InChI is InChI=1S/C6H10FNO/c7-6(9)5-3-1-2-4-8-5/h5,8H,1-4H2. The van der Waals surface area contributed by atoms with Crippen molar-refractivity contribution in [3.63, 3.8) is 0 Å². The van der Waals surface area contributed by atoms with Gasteiger partial charge in [-0.25, -0.2) is 0 Å². The Hall–Kier alpha value is -0.440. The molecule has 0 aromatic carbocycles. The summed E-state index contributed by atoms with van der Waals surface area (Å²) in [5.74, 6) is 0. The van der Waals surface area contributed by atoms with Gasteiger partial charge in [0.1, 0.15) is 0 Å². The average Bonchev–Trinajstić information content (AvgIpc) is 1.90. The molecule has 1 atom stereocenters. The van der Waals surface area contributed by atoms with Gasteiger partial charge < -0.3 is 5.32 Å². The van der Waals surface area contributed by atoms with Crippen molar-refractivity contribution in [1.29, 1.82) is 0 Å². The molecule has 1 saturated heterocycles. The second-order valence-corrected chi connectivity index (χ2v) is 2.31. The van der Waals surface area contributed by atoms with Crippen LogP contribution >= 0.6 is 0 Å². The lowest BCUT2D eigenvalue weighted by Crippen LogP contribution is -2.38. The molecule has 0 amide bonds. The third kappa shape index (κ3) is 1.75. The maximum absolute atomic E-state index is 11.9. The Bertz CT molecular complexity index is 110. The van der Waals surface area contributed by atoms with E-state index in [9.17, 15) is 9.18 Å². The van der Waals surface area contributed by atoms with Crippen LogP contribution < -0.4 is 5.32 Å². The van der Waals surface area contributed by atoms with Crippen LogP contribution in [0.15, 0.2) is 0 Å². The molecule has 1 aliphatic rings. The number of nitrogens with one attached hydrogen (secondary N) is 1. The summed E-state index contributed by atoms with van der Waals surface area (Å²) in [5.41, 5.74) is 0. The predicted octanol–water partition coefficient (Wildman–Crippen LogP) is 0.625. The first kappa shape index (κ1) is 6.68. The first-order valence-electron chi connectivity index (χ1n) is 3.23. The normalized spacial score (nSPS) is 27.9. The molecule has 9 heavy (non-hydrogen) atoms. The maximum Gasteiger partial charge on any atom is 0.318 e. The van der Waals surface area contributed by atoms with Gasteiger partial charge in [0.25, 0.3) is 0 Å². The van der Waals surface area contributed by atoms with E-state index < -0.39 is 12.1 Å². The fraction of sp³-hybridized carbons (Fsp3) is 0.833. The number of hydrogen-bond donors (Lipinski definition) is 1. The summed E-state index contributed by atoms with van der Waals surface area (Å²) in [6, 6.07) is -1.71. The van der Waals surface area contributed by atoms with E-state index in [-0.39, 0.29) is 0 Å². The number of piperidine rings is 1. The van der Waals surface area contributed by atoms with Crippen LogP contribution in [0.4, 0.5) is 4.39 Å². The molecule has 0 bridgehead atoms. The van der Waals surface area contributed by atoms with E-state index in [0.29, 0.717) is 6.42 Å². The molecule has 3 heteroatoms. The van der Waals surface area contributed by atoms with Crippen LogP contribution in [0.2, 0.25) is 0 Å². The molecule has 0 saturated carbocycles. The van der Waals surface area contributed by atoms with Gasteiger partial charge in [0.05, 0.1) is 6.04 Å². The van der Waals surface area contributed by atoms with E-state index in [1.54, 1.807) is 0 Å². The first-order valence-corrected chi connectivity index (χ1v) is 3.23. The minimum absolute atomic E-state index is 0.501. The van der Waals surface area contributed by atoms with Gasteiger partial charge in [-0.3, -0.25) is 4.79 Å². The highest BCUT2D eigenvalue weighted by molar-refractivity contribution is 5.74. The summed E-state index contributed by atoms with van der Waals surface area (Å²) in [5, 5.41) is 2.79. The monoisotopic (exact) mass is 131 g/mol. The highest BCUT2D eigenvalue weighted by atomic mass is 19.1. The van der Waals surface area contributed by atoms with Crippen molar-refractivity contribution in [1.82, 2.24) is 5.32 Å². The second kappa shape index (κ2) is 2.92. The number of carbonyl (C=O) groups excluding carboxylic acids is 1. The molecule has 1 heterocycles. The molecule has 1 N–H and O–H groups in total. The minimum Gasteiger partial charge on any atom is -0.305 e. The lowest BCUT2D eigenvalue weighted by molar-refractivity contribution is -0.132.